The number of hydrogen-bond donors (Lipinski definition) is 1. The van der Waals surface area contributed by atoms with E-state index in [9.17, 15) is 9.59 Å². The minimum Gasteiger partial charge on any atom is -0.358 e. The first-order valence-electron chi connectivity index (χ1n) is 20.6. The average molecular weight is 869 g/mol. The van der Waals surface area contributed by atoms with Gasteiger partial charge in [-0.25, -0.2) is 16.0 Å². The summed E-state index contributed by atoms with van der Waals surface area (Å²) in [5.41, 5.74) is 2.95. The summed E-state index contributed by atoms with van der Waals surface area (Å²) in [6, 6.07) is 29.9. The Morgan fingerprint density at radius 2 is 1.56 bits per heavy atom. The predicted molar refractivity (Wildman–Crippen MR) is 235 cm³/mol. The highest BCUT2D eigenvalue weighted by atomic mass is 31.2. The van der Waals surface area contributed by atoms with Crippen LogP contribution >= 0.6 is 8.53 Å². The fraction of sp³-hybridized carbons (Fsp3) is 0.457. The van der Waals surface area contributed by atoms with Gasteiger partial charge in [0, 0.05) is 25.2 Å². The van der Waals surface area contributed by atoms with Crippen molar-refractivity contribution < 1.29 is 37.5 Å². The maximum Gasteiger partial charge on any atom is 0.351 e. The molecule has 2 unspecified atom stereocenters. The molecular weight excluding hydrogens is 812 g/mol. The van der Waals surface area contributed by atoms with Crippen LogP contribution in [0.2, 0.25) is 0 Å². The Bertz CT molecular complexity index is 2110. The number of nitrogens with one attached hydrogen (secondary N) is 1. The molecular formula is C46H57N6O9P. The van der Waals surface area contributed by atoms with Crippen molar-refractivity contribution in [2.45, 2.75) is 97.1 Å². The Balaban J connectivity index is 1.65. The zero-order chi connectivity index (χ0) is 44.6. The van der Waals surface area contributed by atoms with Crippen LogP contribution in [0.4, 0.5) is 5.82 Å². The average Bonchev–Trinajstić information content (AvgIpc) is 3.57. The molecule has 3 aromatic carbocycles. The van der Waals surface area contributed by atoms with Gasteiger partial charge in [0.1, 0.15) is 49.9 Å². The Morgan fingerprint density at radius 1 is 0.935 bits per heavy atom. The second kappa shape index (κ2) is 23.5. The normalized spacial score (nSPS) is 18.2. The van der Waals surface area contributed by atoms with E-state index in [1.165, 1.54) is 23.8 Å². The van der Waals surface area contributed by atoms with Crippen LogP contribution in [0.15, 0.2) is 95.9 Å². The molecule has 16 heteroatoms. The van der Waals surface area contributed by atoms with Gasteiger partial charge in [-0.3, -0.25) is 9.36 Å². The smallest absolute Gasteiger partial charge is 0.351 e. The molecule has 5 atom stereocenters. The van der Waals surface area contributed by atoms with Gasteiger partial charge in [0.2, 0.25) is 12.5 Å². The fourth-order valence-electron chi connectivity index (χ4n) is 7.22. The molecule has 1 aliphatic heterocycles. The van der Waals surface area contributed by atoms with E-state index in [1.807, 2.05) is 77.9 Å². The third kappa shape index (κ3) is 12.4. The van der Waals surface area contributed by atoms with E-state index in [0.717, 1.165) is 27.8 Å². The number of amides is 1. The summed E-state index contributed by atoms with van der Waals surface area (Å²) >= 11 is 0. The van der Waals surface area contributed by atoms with Gasteiger partial charge in [-0.15, -0.1) is 0 Å². The molecule has 5 rings (SSSR count). The summed E-state index contributed by atoms with van der Waals surface area (Å²) in [6.45, 7) is 20.9. The minimum atomic E-state index is -1.87. The summed E-state index contributed by atoms with van der Waals surface area (Å²) in [4.78, 5) is 33.3. The van der Waals surface area contributed by atoms with Crippen LogP contribution in [0.5, 0.6) is 0 Å². The summed E-state index contributed by atoms with van der Waals surface area (Å²) in [7, 11) is -1.87. The second-order valence-electron chi connectivity index (χ2n) is 15.3. The first-order chi connectivity index (χ1) is 29.9. The number of rotatable bonds is 23. The van der Waals surface area contributed by atoms with E-state index in [4.69, 9.17) is 44.6 Å². The largest absolute Gasteiger partial charge is 0.358 e. The number of benzene rings is 3. The van der Waals surface area contributed by atoms with Gasteiger partial charge in [0.05, 0.1) is 25.7 Å². The zero-order valence-electron chi connectivity index (χ0n) is 36.4. The lowest BCUT2D eigenvalue weighted by molar-refractivity contribution is -0.174. The first-order valence-corrected chi connectivity index (χ1v) is 21.7. The number of ether oxygens (including phenoxy) is 5. The molecule has 0 aliphatic carbocycles. The lowest BCUT2D eigenvalue weighted by atomic mass is 9.79. The highest BCUT2D eigenvalue weighted by Crippen LogP contribution is 2.51. The zero-order valence-corrected chi connectivity index (χ0v) is 37.3. The fourth-order valence-corrected chi connectivity index (χ4v) is 8.98. The van der Waals surface area contributed by atoms with Gasteiger partial charge >= 0.3 is 5.69 Å². The van der Waals surface area contributed by atoms with E-state index in [-0.39, 0.29) is 70.2 Å². The van der Waals surface area contributed by atoms with Crippen LogP contribution in [0.25, 0.3) is 4.85 Å². The van der Waals surface area contributed by atoms with E-state index in [2.05, 4.69) is 68.3 Å². The van der Waals surface area contributed by atoms with Crippen LogP contribution in [0, 0.1) is 31.8 Å². The van der Waals surface area contributed by atoms with Crippen LogP contribution < -0.4 is 11.0 Å². The van der Waals surface area contributed by atoms with Crippen molar-refractivity contribution in [2.75, 3.05) is 45.3 Å². The molecule has 1 aromatic heterocycles. The van der Waals surface area contributed by atoms with Crippen LogP contribution in [0.3, 0.4) is 0 Å². The van der Waals surface area contributed by atoms with Crippen molar-refractivity contribution in [3.8, 4) is 6.07 Å². The third-order valence-electron chi connectivity index (χ3n) is 9.99. The van der Waals surface area contributed by atoms with Crippen molar-refractivity contribution in [1.29, 1.82) is 5.26 Å². The highest BCUT2D eigenvalue weighted by Gasteiger charge is 2.51. The third-order valence-corrected chi connectivity index (χ3v) is 12.1. The SMILES string of the molecule is [C-]#[N+]CCOP(O[C@@H]1C(OCOCOCCC#N)[C@H](n2ccc(NC(C)=O)nc2=O)O[C@@H]1COC(c1ccccc1)(c1ccc(C)cc1)c1ccc(C)cc1)N(C(C)C)C(C)C. The summed E-state index contributed by atoms with van der Waals surface area (Å²) < 4.78 is 48.7. The summed E-state index contributed by atoms with van der Waals surface area (Å²) in [5, 5.41) is 11.5. The lowest BCUT2D eigenvalue weighted by Crippen LogP contribution is -2.43. The Hall–Kier alpha value is -4.90. The summed E-state index contributed by atoms with van der Waals surface area (Å²) in [6.07, 6.45) is -2.37. The number of carbonyl (C=O) groups is 1. The molecule has 1 N–H and O–H groups in total. The molecule has 0 bridgehead atoms. The molecule has 15 nitrogen and oxygen atoms in total. The van der Waals surface area contributed by atoms with Gasteiger partial charge < -0.3 is 42.9 Å². The van der Waals surface area contributed by atoms with E-state index >= 15 is 0 Å². The molecule has 2 heterocycles. The number of aryl methyl sites for hydroxylation is 2. The van der Waals surface area contributed by atoms with Gasteiger partial charge in [-0.05, 0) is 64.3 Å². The van der Waals surface area contributed by atoms with Crippen LogP contribution in [0.1, 0.15) is 75.1 Å². The minimum absolute atomic E-state index is 0.0305. The van der Waals surface area contributed by atoms with Crippen molar-refractivity contribution >= 4 is 20.3 Å². The van der Waals surface area contributed by atoms with Gasteiger partial charge in [-0.2, -0.15) is 10.2 Å². The number of nitrogens with zero attached hydrogens (tertiary/aromatic N) is 5. The predicted octanol–water partition coefficient (Wildman–Crippen LogP) is 7.64. The standard InChI is InChI=1S/C46H57N6O9P/c1-32(2)52(33(3)4)62(59-28-25-48-8)61-42-40(60-44(43(42)57-31-56-30-55-27-12-24-47)51-26-23-41(49-36(7)53)50-45(51)54)29-58-46(37-13-10-9-11-14-37,38-19-15-34(5)16-20-38)39-21-17-35(6)18-22-39/h9-11,13-23,26,32-33,40,42-44H,12,25,27-31H2,1-7H3,(H,49,50,53,54)/t40-,42+,43?,44-,62?/m1/s1. The molecule has 330 valence electrons. The Kier molecular flexibility index (Phi) is 18.3. The highest BCUT2D eigenvalue weighted by molar-refractivity contribution is 7.44. The van der Waals surface area contributed by atoms with E-state index in [0.29, 0.717) is 0 Å². The second-order valence-corrected chi connectivity index (χ2v) is 16.7. The quantitative estimate of drug-likeness (QED) is 0.0256. The molecule has 1 amide bonds. The molecule has 0 radical (unpaired) electrons. The van der Waals surface area contributed by atoms with Gasteiger partial charge in [0.15, 0.2) is 6.23 Å². The molecule has 1 aliphatic rings. The van der Waals surface area contributed by atoms with Crippen molar-refractivity contribution in [1.82, 2.24) is 14.2 Å². The Morgan fingerprint density at radius 3 is 2.13 bits per heavy atom. The topological polar surface area (TPSA) is 160 Å². The lowest BCUT2D eigenvalue weighted by Gasteiger charge is -2.39. The first kappa shape index (κ1) is 48.1. The monoisotopic (exact) mass is 868 g/mol. The van der Waals surface area contributed by atoms with Gasteiger partial charge in [0.25, 0.3) is 8.53 Å². The van der Waals surface area contributed by atoms with Crippen molar-refractivity contribution in [2.24, 2.45) is 0 Å². The Labute approximate surface area is 365 Å². The van der Waals surface area contributed by atoms with Crippen LogP contribution in [-0.2, 0) is 43.1 Å². The molecule has 0 saturated carbocycles. The van der Waals surface area contributed by atoms with Crippen molar-refractivity contribution in [3.05, 3.63) is 141 Å². The summed E-state index contributed by atoms with van der Waals surface area (Å²) in [5.74, 6) is -0.312. The number of hydrogen-bond acceptors (Lipinski definition) is 12. The number of carbonyl (C=O) groups excluding carboxylic acids is 1. The van der Waals surface area contributed by atoms with E-state index in [1.54, 1.807) is 0 Å². The van der Waals surface area contributed by atoms with Crippen LogP contribution in [-0.4, -0.2) is 90.5 Å². The molecule has 62 heavy (non-hydrogen) atoms. The number of anilines is 1. The maximum absolute atomic E-state index is 13.8. The molecule has 1 fully saturated rings. The number of nitriles is 1. The molecule has 0 spiro atoms. The molecule has 4 aromatic rings. The maximum atomic E-state index is 13.8. The van der Waals surface area contributed by atoms with Crippen molar-refractivity contribution in [3.63, 3.8) is 0 Å². The van der Waals surface area contributed by atoms with Gasteiger partial charge in [-0.1, -0.05) is 90.0 Å². The molecule has 1 saturated heterocycles. The van der Waals surface area contributed by atoms with E-state index < -0.39 is 44.4 Å². The number of aromatic nitrogens is 2.